The van der Waals surface area contributed by atoms with E-state index in [1.165, 1.54) is 0 Å². The van der Waals surface area contributed by atoms with Gasteiger partial charge in [0.15, 0.2) is 0 Å². The van der Waals surface area contributed by atoms with E-state index in [1.54, 1.807) is 0 Å². The minimum atomic E-state index is -4.50. The molecule has 82 valence electrons. The molecule has 6 heteroatoms. The van der Waals surface area contributed by atoms with Gasteiger partial charge in [-0.1, -0.05) is 6.07 Å². The molecule has 0 saturated carbocycles. The van der Waals surface area contributed by atoms with Gasteiger partial charge in [0.2, 0.25) is 0 Å². The Hall–Kier alpha value is -1.30. The Labute approximate surface area is 83.1 Å². The molecule has 0 bridgehead atoms. The molecule has 0 aliphatic carbocycles. The van der Waals surface area contributed by atoms with Gasteiger partial charge >= 0.3 is 6.18 Å². The Morgan fingerprint density at radius 2 is 2.13 bits per heavy atom. The van der Waals surface area contributed by atoms with E-state index in [4.69, 9.17) is 4.74 Å². The highest BCUT2D eigenvalue weighted by Crippen LogP contribution is 2.28. The smallest absolute Gasteiger partial charge is 0.371 e. The predicted octanol–water partition coefficient (Wildman–Crippen LogP) is 1.27. The Morgan fingerprint density at radius 1 is 1.47 bits per heavy atom. The average Bonchev–Trinajstić information content (AvgIpc) is 2.90. The van der Waals surface area contributed by atoms with Gasteiger partial charge in [-0.3, -0.25) is 4.79 Å². The Kier molecular flexibility index (Phi) is 2.30. The summed E-state index contributed by atoms with van der Waals surface area (Å²) in [6, 6.07) is 3.11. The number of alkyl halides is 3. The lowest BCUT2D eigenvalue weighted by atomic mass is 10.3. The molecular formula is C9H8F3NO2. The molecule has 1 saturated heterocycles. The first kappa shape index (κ1) is 10.2. The molecule has 1 fully saturated rings. The van der Waals surface area contributed by atoms with Crippen LogP contribution in [-0.4, -0.2) is 17.3 Å². The molecule has 1 aromatic heterocycles. The van der Waals surface area contributed by atoms with Gasteiger partial charge in [-0.25, -0.2) is 0 Å². The molecule has 1 aromatic rings. The molecule has 0 aromatic carbocycles. The van der Waals surface area contributed by atoms with Gasteiger partial charge in [0.1, 0.15) is 5.69 Å². The van der Waals surface area contributed by atoms with Crippen molar-refractivity contribution in [2.45, 2.75) is 18.8 Å². The summed E-state index contributed by atoms with van der Waals surface area (Å²) in [6.07, 6.45) is -4.76. The molecule has 2 heterocycles. The second-order valence-corrected chi connectivity index (χ2v) is 3.31. The maximum Gasteiger partial charge on any atom is 0.431 e. The van der Waals surface area contributed by atoms with Crippen LogP contribution >= 0.6 is 0 Å². The van der Waals surface area contributed by atoms with Gasteiger partial charge < -0.3 is 9.30 Å². The van der Waals surface area contributed by atoms with Crippen LogP contribution in [0.4, 0.5) is 13.2 Å². The molecule has 15 heavy (non-hydrogen) atoms. The minimum Gasteiger partial charge on any atom is -0.371 e. The lowest BCUT2D eigenvalue weighted by Gasteiger charge is -2.13. The number of aromatic nitrogens is 1. The van der Waals surface area contributed by atoms with E-state index in [9.17, 15) is 18.0 Å². The average molecular weight is 219 g/mol. The van der Waals surface area contributed by atoms with Crippen LogP contribution in [0.3, 0.4) is 0 Å². The van der Waals surface area contributed by atoms with Crippen LogP contribution < -0.4 is 5.56 Å². The fraction of sp³-hybridized carbons (Fsp3) is 0.444. The zero-order chi connectivity index (χ0) is 11.1. The zero-order valence-corrected chi connectivity index (χ0v) is 7.62. The second kappa shape index (κ2) is 3.37. The number of ether oxygens (including phenoxy) is 1. The van der Waals surface area contributed by atoms with Crippen LogP contribution in [-0.2, 0) is 17.5 Å². The van der Waals surface area contributed by atoms with E-state index in [-0.39, 0.29) is 12.6 Å². The van der Waals surface area contributed by atoms with Gasteiger partial charge in [0, 0.05) is 6.07 Å². The predicted molar refractivity (Wildman–Crippen MR) is 45.4 cm³/mol. The van der Waals surface area contributed by atoms with Crippen molar-refractivity contribution in [1.82, 2.24) is 4.57 Å². The molecule has 1 aliphatic rings. The van der Waals surface area contributed by atoms with Crippen LogP contribution in [0.1, 0.15) is 5.69 Å². The number of hydrogen-bond donors (Lipinski definition) is 0. The number of epoxide rings is 1. The number of nitrogens with zero attached hydrogens (tertiary/aromatic N) is 1. The Bertz CT molecular complexity index is 420. The summed E-state index contributed by atoms with van der Waals surface area (Å²) in [6.45, 7) is 0.382. The van der Waals surface area contributed by atoms with Crippen molar-refractivity contribution < 1.29 is 17.9 Å². The molecule has 1 unspecified atom stereocenters. The van der Waals surface area contributed by atoms with Crippen molar-refractivity contribution in [2.24, 2.45) is 0 Å². The Morgan fingerprint density at radius 3 is 2.67 bits per heavy atom. The molecular weight excluding hydrogens is 211 g/mol. The maximum atomic E-state index is 12.5. The second-order valence-electron chi connectivity index (χ2n) is 3.31. The van der Waals surface area contributed by atoms with Crippen molar-refractivity contribution in [3.05, 3.63) is 34.2 Å². The number of halogens is 3. The van der Waals surface area contributed by atoms with Gasteiger partial charge in [-0.05, 0) is 6.07 Å². The van der Waals surface area contributed by atoms with Crippen LogP contribution in [0.15, 0.2) is 23.0 Å². The van der Waals surface area contributed by atoms with E-state index in [0.717, 1.165) is 18.2 Å². The zero-order valence-electron chi connectivity index (χ0n) is 7.62. The lowest BCUT2D eigenvalue weighted by Crippen LogP contribution is -2.28. The highest BCUT2D eigenvalue weighted by molar-refractivity contribution is 5.10. The van der Waals surface area contributed by atoms with Gasteiger partial charge in [-0.2, -0.15) is 13.2 Å². The summed E-state index contributed by atoms with van der Waals surface area (Å²) in [5.74, 6) is 0. The van der Waals surface area contributed by atoms with E-state index in [2.05, 4.69) is 0 Å². The normalized spacial score (nSPS) is 20.3. The summed E-state index contributed by atoms with van der Waals surface area (Å²) >= 11 is 0. The topological polar surface area (TPSA) is 34.5 Å². The number of hydrogen-bond acceptors (Lipinski definition) is 2. The number of pyridine rings is 1. The first-order valence-electron chi connectivity index (χ1n) is 4.37. The van der Waals surface area contributed by atoms with E-state index in [0.29, 0.717) is 11.2 Å². The Balaban J connectivity index is 2.43. The van der Waals surface area contributed by atoms with Crippen molar-refractivity contribution in [1.29, 1.82) is 0 Å². The maximum absolute atomic E-state index is 12.5. The summed E-state index contributed by atoms with van der Waals surface area (Å²) in [7, 11) is 0. The van der Waals surface area contributed by atoms with Crippen molar-refractivity contribution in [3.63, 3.8) is 0 Å². The summed E-state index contributed by atoms with van der Waals surface area (Å²) < 4.78 is 43.0. The largest absolute Gasteiger partial charge is 0.431 e. The third-order valence-corrected chi connectivity index (χ3v) is 2.13. The van der Waals surface area contributed by atoms with Crippen molar-refractivity contribution in [2.75, 3.05) is 6.61 Å². The van der Waals surface area contributed by atoms with E-state index >= 15 is 0 Å². The molecule has 0 N–H and O–H groups in total. The van der Waals surface area contributed by atoms with Crippen molar-refractivity contribution in [3.8, 4) is 0 Å². The van der Waals surface area contributed by atoms with Gasteiger partial charge in [-0.15, -0.1) is 0 Å². The minimum absolute atomic E-state index is 0.0332. The van der Waals surface area contributed by atoms with Gasteiger partial charge in [0.25, 0.3) is 5.56 Å². The quantitative estimate of drug-likeness (QED) is 0.702. The standard InChI is InChI=1S/C9H8F3NO2/c10-9(11,12)7-2-1-3-8(14)13(7)4-6-5-15-6/h1-3,6H,4-5H2. The van der Waals surface area contributed by atoms with Crippen molar-refractivity contribution >= 4 is 0 Å². The molecule has 0 amide bonds. The summed E-state index contributed by atoms with van der Waals surface area (Å²) in [5, 5.41) is 0. The molecule has 0 radical (unpaired) electrons. The number of rotatable bonds is 2. The molecule has 0 spiro atoms. The third kappa shape index (κ3) is 2.20. The van der Waals surface area contributed by atoms with Gasteiger partial charge in [0.05, 0.1) is 19.3 Å². The fourth-order valence-electron chi connectivity index (χ4n) is 1.33. The third-order valence-electron chi connectivity index (χ3n) is 2.13. The highest BCUT2D eigenvalue weighted by atomic mass is 19.4. The summed E-state index contributed by atoms with van der Waals surface area (Å²) in [5.41, 5.74) is -1.58. The molecule has 1 aliphatic heterocycles. The van der Waals surface area contributed by atoms with Crippen LogP contribution in [0.5, 0.6) is 0 Å². The molecule has 3 nitrogen and oxygen atoms in total. The van der Waals surface area contributed by atoms with Crippen LogP contribution in [0.25, 0.3) is 0 Å². The SMILES string of the molecule is O=c1cccc(C(F)(F)F)n1CC1CO1. The van der Waals surface area contributed by atoms with Crippen LogP contribution in [0, 0.1) is 0 Å². The van der Waals surface area contributed by atoms with Crippen LogP contribution in [0.2, 0.25) is 0 Å². The first-order valence-corrected chi connectivity index (χ1v) is 4.37. The molecule has 2 rings (SSSR count). The first-order chi connectivity index (χ1) is 6.98. The monoisotopic (exact) mass is 219 g/mol. The lowest BCUT2D eigenvalue weighted by molar-refractivity contribution is -0.144. The fourth-order valence-corrected chi connectivity index (χ4v) is 1.33. The summed E-state index contributed by atoms with van der Waals surface area (Å²) in [4.78, 5) is 11.3. The van der Waals surface area contributed by atoms with E-state index < -0.39 is 17.4 Å². The van der Waals surface area contributed by atoms with E-state index in [1.807, 2.05) is 0 Å². The molecule has 1 atom stereocenters. The highest BCUT2D eigenvalue weighted by Gasteiger charge is 2.35.